The quantitative estimate of drug-likeness (QED) is 0.767. The Bertz CT molecular complexity index is 779. The number of ether oxygens (including phenoxy) is 1. The maximum absolute atomic E-state index is 13.8. The van der Waals surface area contributed by atoms with Crippen molar-refractivity contribution < 1.29 is 23.8 Å². The van der Waals surface area contributed by atoms with Gasteiger partial charge in [-0.2, -0.15) is 0 Å². The number of carboxylic acid groups (broad SMARTS) is 1. The molecule has 0 heterocycles. The Hall–Kier alpha value is -2.41. The average Bonchev–Trinajstić information content (AvgIpc) is 2.54. The third kappa shape index (κ3) is 4.55. The molecule has 0 bridgehead atoms. The van der Waals surface area contributed by atoms with Crippen LogP contribution < -0.4 is 10.1 Å². The predicted octanol–water partition coefficient (Wildman–Crippen LogP) is 4.21. The Morgan fingerprint density at radius 3 is 2.62 bits per heavy atom. The SMILES string of the molecule is CCC(=O)Nc1ccc(OCc2ccc(Br)cc2F)cc1C(=O)O. The van der Waals surface area contributed by atoms with Crippen molar-refractivity contribution >= 4 is 33.5 Å². The van der Waals surface area contributed by atoms with E-state index >= 15 is 0 Å². The van der Waals surface area contributed by atoms with Gasteiger partial charge in [0.2, 0.25) is 5.91 Å². The van der Waals surface area contributed by atoms with Crippen LogP contribution in [0.3, 0.4) is 0 Å². The molecule has 1 amide bonds. The van der Waals surface area contributed by atoms with Gasteiger partial charge in [-0.3, -0.25) is 4.79 Å². The molecule has 0 aliphatic heterocycles. The molecule has 2 rings (SSSR count). The van der Waals surface area contributed by atoms with E-state index in [0.717, 1.165) is 0 Å². The molecule has 0 aromatic heterocycles. The van der Waals surface area contributed by atoms with Crippen molar-refractivity contribution in [1.29, 1.82) is 0 Å². The number of hydrogen-bond acceptors (Lipinski definition) is 3. The number of anilines is 1. The van der Waals surface area contributed by atoms with Crippen molar-refractivity contribution in [2.75, 3.05) is 5.32 Å². The van der Waals surface area contributed by atoms with Gasteiger partial charge in [-0.15, -0.1) is 0 Å². The van der Waals surface area contributed by atoms with E-state index < -0.39 is 11.8 Å². The van der Waals surface area contributed by atoms with E-state index in [1.165, 1.54) is 24.3 Å². The van der Waals surface area contributed by atoms with Gasteiger partial charge < -0.3 is 15.2 Å². The predicted molar refractivity (Wildman–Crippen MR) is 90.8 cm³/mol. The van der Waals surface area contributed by atoms with Crippen molar-refractivity contribution in [3.05, 3.63) is 57.8 Å². The lowest BCUT2D eigenvalue weighted by molar-refractivity contribution is -0.115. The zero-order valence-electron chi connectivity index (χ0n) is 12.8. The van der Waals surface area contributed by atoms with Gasteiger partial charge in [0, 0.05) is 16.5 Å². The lowest BCUT2D eigenvalue weighted by atomic mass is 10.1. The highest BCUT2D eigenvalue weighted by molar-refractivity contribution is 9.10. The van der Waals surface area contributed by atoms with E-state index in [4.69, 9.17) is 4.74 Å². The normalized spacial score (nSPS) is 10.3. The van der Waals surface area contributed by atoms with Gasteiger partial charge in [-0.25, -0.2) is 9.18 Å². The molecular weight excluding hydrogens is 381 g/mol. The number of carbonyl (C=O) groups excluding carboxylic acids is 1. The minimum Gasteiger partial charge on any atom is -0.489 e. The van der Waals surface area contributed by atoms with E-state index in [1.807, 2.05) is 0 Å². The van der Waals surface area contributed by atoms with Gasteiger partial charge >= 0.3 is 5.97 Å². The Kier molecular flexibility index (Phi) is 5.92. The van der Waals surface area contributed by atoms with Crippen LogP contribution in [0.2, 0.25) is 0 Å². The summed E-state index contributed by atoms with van der Waals surface area (Å²) in [6, 6.07) is 8.86. The summed E-state index contributed by atoms with van der Waals surface area (Å²) in [5, 5.41) is 11.8. The second kappa shape index (κ2) is 7.92. The van der Waals surface area contributed by atoms with Crippen molar-refractivity contribution in [3.8, 4) is 5.75 Å². The first-order valence-electron chi connectivity index (χ1n) is 7.14. The molecule has 2 aromatic carbocycles. The van der Waals surface area contributed by atoms with E-state index in [2.05, 4.69) is 21.2 Å². The van der Waals surface area contributed by atoms with Crippen molar-refractivity contribution in [2.24, 2.45) is 0 Å². The summed E-state index contributed by atoms with van der Waals surface area (Å²) in [5.41, 5.74) is 0.445. The molecule has 2 N–H and O–H groups in total. The van der Waals surface area contributed by atoms with Crippen molar-refractivity contribution in [2.45, 2.75) is 20.0 Å². The van der Waals surface area contributed by atoms with Crippen LogP contribution in [-0.4, -0.2) is 17.0 Å². The molecule has 0 aliphatic rings. The summed E-state index contributed by atoms with van der Waals surface area (Å²) in [6.45, 7) is 1.62. The van der Waals surface area contributed by atoms with Crippen molar-refractivity contribution in [3.63, 3.8) is 0 Å². The second-order valence-corrected chi connectivity index (χ2v) is 5.85. The van der Waals surface area contributed by atoms with Gasteiger partial charge in [0.15, 0.2) is 0 Å². The molecule has 0 aliphatic carbocycles. The number of halogens is 2. The van der Waals surface area contributed by atoms with Crippen molar-refractivity contribution in [1.82, 2.24) is 0 Å². The lowest BCUT2D eigenvalue weighted by Crippen LogP contribution is -2.13. The number of carbonyl (C=O) groups is 2. The highest BCUT2D eigenvalue weighted by Crippen LogP contribution is 2.24. The van der Waals surface area contributed by atoms with E-state index in [9.17, 15) is 19.1 Å². The van der Waals surface area contributed by atoms with E-state index in [1.54, 1.807) is 19.1 Å². The minimum absolute atomic E-state index is 0.0428. The maximum atomic E-state index is 13.8. The Labute approximate surface area is 146 Å². The van der Waals surface area contributed by atoms with Gasteiger partial charge in [0.25, 0.3) is 0 Å². The van der Waals surface area contributed by atoms with Gasteiger partial charge in [-0.05, 0) is 30.3 Å². The highest BCUT2D eigenvalue weighted by atomic mass is 79.9. The molecule has 24 heavy (non-hydrogen) atoms. The van der Waals surface area contributed by atoms with E-state index in [0.29, 0.717) is 10.0 Å². The number of rotatable bonds is 6. The number of carboxylic acids is 1. The van der Waals surface area contributed by atoms with Crippen LogP contribution >= 0.6 is 15.9 Å². The zero-order valence-corrected chi connectivity index (χ0v) is 14.4. The first-order chi connectivity index (χ1) is 11.4. The fourth-order valence-corrected chi connectivity index (χ4v) is 2.27. The van der Waals surface area contributed by atoms with Gasteiger partial charge in [-0.1, -0.05) is 28.9 Å². The number of aromatic carboxylic acids is 1. The maximum Gasteiger partial charge on any atom is 0.337 e. The number of benzene rings is 2. The molecule has 7 heteroatoms. The molecule has 0 spiro atoms. The molecule has 5 nitrogen and oxygen atoms in total. The van der Waals surface area contributed by atoms with Crippen LogP contribution in [0, 0.1) is 5.82 Å². The standard InChI is InChI=1S/C17H15BrFNO4/c1-2-16(21)20-15-6-5-12(8-13(15)17(22)23)24-9-10-3-4-11(18)7-14(10)19/h3-8H,2,9H2,1H3,(H,20,21)(H,22,23). The van der Waals surface area contributed by atoms with Crippen LogP contribution in [0.4, 0.5) is 10.1 Å². The zero-order chi connectivity index (χ0) is 17.7. The number of nitrogens with one attached hydrogen (secondary N) is 1. The van der Waals surface area contributed by atoms with Crippen LogP contribution in [0.25, 0.3) is 0 Å². The molecule has 0 atom stereocenters. The van der Waals surface area contributed by atoms with E-state index in [-0.39, 0.29) is 35.9 Å². The Morgan fingerprint density at radius 2 is 2.00 bits per heavy atom. The summed E-state index contributed by atoms with van der Waals surface area (Å²) in [5.74, 6) is -1.64. The molecule has 0 unspecified atom stereocenters. The molecule has 126 valence electrons. The largest absolute Gasteiger partial charge is 0.489 e. The summed E-state index contributed by atoms with van der Waals surface area (Å²) in [7, 11) is 0. The molecule has 0 fully saturated rings. The highest BCUT2D eigenvalue weighted by Gasteiger charge is 2.14. The second-order valence-electron chi connectivity index (χ2n) is 4.94. The Balaban J connectivity index is 2.17. The van der Waals surface area contributed by atoms with Crippen LogP contribution in [-0.2, 0) is 11.4 Å². The minimum atomic E-state index is -1.19. The molecule has 0 saturated carbocycles. The van der Waals surface area contributed by atoms with Gasteiger partial charge in [0.1, 0.15) is 18.2 Å². The summed E-state index contributed by atoms with van der Waals surface area (Å²) in [6.07, 6.45) is 0.236. The molecule has 2 aromatic rings. The monoisotopic (exact) mass is 395 g/mol. The van der Waals surface area contributed by atoms with Crippen LogP contribution in [0.1, 0.15) is 29.3 Å². The number of hydrogen-bond donors (Lipinski definition) is 2. The average molecular weight is 396 g/mol. The fraction of sp³-hybridized carbons (Fsp3) is 0.176. The lowest BCUT2D eigenvalue weighted by Gasteiger charge is -2.11. The first-order valence-corrected chi connectivity index (χ1v) is 7.94. The summed E-state index contributed by atoms with van der Waals surface area (Å²) < 4.78 is 19.8. The first kappa shape index (κ1) is 17.9. The van der Waals surface area contributed by atoms with Crippen LogP contribution in [0.15, 0.2) is 40.9 Å². The molecule has 0 radical (unpaired) electrons. The molecule has 0 saturated heterocycles. The third-order valence-electron chi connectivity index (χ3n) is 3.23. The Morgan fingerprint density at radius 1 is 1.25 bits per heavy atom. The molecular formula is C17H15BrFNO4. The fourth-order valence-electron chi connectivity index (χ4n) is 1.94. The van der Waals surface area contributed by atoms with Crippen LogP contribution in [0.5, 0.6) is 5.75 Å². The third-order valence-corrected chi connectivity index (χ3v) is 3.72. The summed E-state index contributed by atoms with van der Waals surface area (Å²) in [4.78, 5) is 22.8. The topological polar surface area (TPSA) is 75.6 Å². The smallest absolute Gasteiger partial charge is 0.337 e. The number of amides is 1. The summed E-state index contributed by atoms with van der Waals surface area (Å²) >= 11 is 3.17. The van der Waals surface area contributed by atoms with Gasteiger partial charge in [0.05, 0.1) is 11.3 Å².